The molecular formula is C25H45FN6O3S. The zero-order valence-corrected chi connectivity index (χ0v) is 22.4. The molecule has 0 aromatic rings. The molecule has 1 aliphatic carbocycles. The normalized spacial score (nSPS) is 34.2. The Morgan fingerprint density at radius 3 is 2.53 bits per heavy atom. The number of nitrogens with zero attached hydrogens (tertiary/aromatic N) is 1. The molecule has 11 heteroatoms. The molecule has 1 saturated carbocycles. The molecule has 3 heterocycles. The molecule has 1 amide bonds. The third-order valence-electron chi connectivity index (χ3n) is 8.73. The summed E-state index contributed by atoms with van der Waals surface area (Å²) < 4.78 is 38.4. The highest BCUT2D eigenvalue weighted by atomic mass is 32.2. The number of nitrogens with two attached hydrogens (primary N) is 2. The van der Waals surface area contributed by atoms with Gasteiger partial charge in [0.05, 0.1) is 17.5 Å². The highest BCUT2D eigenvalue weighted by molar-refractivity contribution is 7.91. The smallest absolute Gasteiger partial charge is 0.232 e. The third kappa shape index (κ3) is 6.59. The summed E-state index contributed by atoms with van der Waals surface area (Å²) in [4.78, 5) is 16.1. The molecule has 5 atom stereocenters. The highest BCUT2D eigenvalue weighted by Crippen LogP contribution is 2.38. The van der Waals surface area contributed by atoms with Crippen LogP contribution in [0.4, 0.5) is 4.39 Å². The number of alkyl halides is 1. The van der Waals surface area contributed by atoms with Crippen molar-refractivity contribution in [2.24, 2.45) is 23.3 Å². The van der Waals surface area contributed by atoms with E-state index in [0.717, 1.165) is 50.8 Å². The van der Waals surface area contributed by atoms with Gasteiger partial charge in [-0.15, -0.1) is 0 Å². The molecule has 3 aliphatic heterocycles. The zero-order chi connectivity index (χ0) is 25.9. The van der Waals surface area contributed by atoms with Gasteiger partial charge in [-0.3, -0.25) is 9.69 Å². The molecule has 7 N–H and O–H groups in total. The zero-order valence-electron chi connectivity index (χ0n) is 21.6. The van der Waals surface area contributed by atoms with E-state index in [4.69, 9.17) is 11.5 Å². The van der Waals surface area contributed by atoms with Crippen LogP contribution in [0.1, 0.15) is 57.8 Å². The van der Waals surface area contributed by atoms with Crippen LogP contribution in [0, 0.1) is 11.8 Å². The maximum Gasteiger partial charge on any atom is 0.232 e. The van der Waals surface area contributed by atoms with Crippen molar-refractivity contribution in [3.63, 3.8) is 0 Å². The minimum atomic E-state index is -3.04. The number of nitrogens with one attached hydrogen (secondary N) is 3. The van der Waals surface area contributed by atoms with Gasteiger partial charge in [-0.05, 0) is 82.5 Å². The van der Waals surface area contributed by atoms with Gasteiger partial charge in [0.1, 0.15) is 21.9 Å². The van der Waals surface area contributed by atoms with E-state index in [-0.39, 0.29) is 35.7 Å². The van der Waals surface area contributed by atoms with Gasteiger partial charge < -0.3 is 27.4 Å². The Morgan fingerprint density at radius 2 is 1.83 bits per heavy atom. The predicted molar refractivity (Wildman–Crippen MR) is 139 cm³/mol. The lowest BCUT2D eigenvalue weighted by Gasteiger charge is -2.44. The molecule has 0 spiro atoms. The number of carbonyl (C=O) groups excluding carboxylic acids is 1. The number of rotatable bonds is 6. The Bertz CT molecular complexity index is 905. The number of carbonyl (C=O) groups is 1. The molecular weight excluding hydrogens is 483 g/mol. The first-order valence-corrected chi connectivity index (χ1v) is 15.7. The summed E-state index contributed by atoms with van der Waals surface area (Å²) >= 11 is 0. The molecule has 0 radical (unpaired) electrons. The van der Waals surface area contributed by atoms with Crippen molar-refractivity contribution in [2.75, 3.05) is 39.0 Å². The number of hydrogen-bond acceptors (Lipinski definition) is 8. The maximum atomic E-state index is 14.5. The van der Waals surface area contributed by atoms with E-state index in [1.807, 2.05) is 0 Å². The Kier molecular flexibility index (Phi) is 9.30. The highest BCUT2D eigenvalue weighted by Gasteiger charge is 2.39. The number of fused-ring (bicyclic) bond motifs is 1. The molecule has 0 aromatic carbocycles. The van der Waals surface area contributed by atoms with Crippen molar-refractivity contribution in [3.8, 4) is 0 Å². The monoisotopic (exact) mass is 528 g/mol. The van der Waals surface area contributed by atoms with Crippen molar-refractivity contribution in [3.05, 3.63) is 11.3 Å². The topological polar surface area (TPSA) is 143 Å². The van der Waals surface area contributed by atoms with E-state index in [0.29, 0.717) is 38.9 Å². The summed E-state index contributed by atoms with van der Waals surface area (Å²) in [5.74, 6) is -0.705. The van der Waals surface area contributed by atoms with Crippen molar-refractivity contribution < 1.29 is 17.6 Å². The molecule has 9 nitrogen and oxygen atoms in total. The van der Waals surface area contributed by atoms with E-state index in [1.54, 1.807) is 0 Å². The van der Waals surface area contributed by atoms with Crippen LogP contribution >= 0.6 is 0 Å². The summed E-state index contributed by atoms with van der Waals surface area (Å²) in [7, 11) is -3.04. The molecule has 2 saturated heterocycles. The molecule has 4 rings (SSSR count). The maximum absolute atomic E-state index is 14.5. The quantitative estimate of drug-likeness (QED) is 0.311. The van der Waals surface area contributed by atoms with Crippen molar-refractivity contribution in [1.29, 1.82) is 0 Å². The number of likely N-dealkylation sites (tertiary alicyclic amines) is 1. The summed E-state index contributed by atoms with van der Waals surface area (Å²) in [5, 5.41) is 9.60. The lowest BCUT2D eigenvalue weighted by atomic mass is 9.77. The first kappa shape index (κ1) is 27.8. The summed E-state index contributed by atoms with van der Waals surface area (Å²) in [5.41, 5.74) is 14.4. The van der Waals surface area contributed by atoms with Gasteiger partial charge >= 0.3 is 0 Å². The van der Waals surface area contributed by atoms with E-state index in [1.165, 1.54) is 11.8 Å². The molecule has 36 heavy (non-hydrogen) atoms. The molecule has 206 valence electrons. The second kappa shape index (κ2) is 12.1. The predicted octanol–water partition coefficient (Wildman–Crippen LogP) is 0.368. The fourth-order valence-electron chi connectivity index (χ4n) is 6.72. The number of halogens is 1. The number of hydrogen-bond donors (Lipinski definition) is 5. The van der Waals surface area contributed by atoms with Crippen LogP contribution in [0.2, 0.25) is 0 Å². The lowest BCUT2D eigenvalue weighted by molar-refractivity contribution is -0.126. The van der Waals surface area contributed by atoms with E-state index in [9.17, 15) is 17.6 Å². The molecule has 5 unspecified atom stereocenters. The van der Waals surface area contributed by atoms with Crippen LogP contribution < -0.4 is 27.4 Å². The first-order valence-electron chi connectivity index (χ1n) is 13.7. The van der Waals surface area contributed by atoms with Crippen LogP contribution in [0.15, 0.2) is 11.3 Å². The fraction of sp³-hybridized carbons (Fsp3) is 0.880. The minimum Gasteiger partial charge on any atom is -0.385 e. The third-order valence-corrected chi connectivity index (χ3v) is 10.4. The van der Waals surface area contributed by atoms with Gasteiger partial charge in [0.2, 0.25) is 5.91 Å². The molecule has 0 bridgehead atoms. The molecule has 4 aliphatic rings. The largest absolute Gasteiger partial charge is 0.385 e. The summed E-state index contributed by atoms with van der Waals surface area (Å²) in [6, 6.07) is -0.0246. The standard InChI is InChI=1S/C25H45FN6O3S/c1-36(34,35)18-9-12-32(13-10-18)21-8-11-29-15-20(21)31-25(33)22(24(27)28)23-19-5-3-2-4-16(19)6-7-17(26)14-30-23/h16-18,20-22,24,29-30H,2-15,27-28H2,1H3,(H,31,33)/b23-19-. The number of amides is 1. The second-order valence-corrected chi connectivity index (χ2v) is 13.6. The van der Waals surface area contributed by atoms with Gasteiger partial charge in [0.25, 0.3) is 0 Å². The van der Waals surface area contributed by atoms with Crippen LogP contribution in [-0.2, 0) is 14.6 Å². The van der Waals surface area contributed by atoms with Crippen LogP contribution in [0.5, 0.6) is 0 Å². The number of sulfone groups is 1. The van der Waals surface area contributed by atoms with Gasteiger partial charge in [-0.25, -0.2) is 12.8 Å². The van der Waals surface area contributed by atoms with E-state index < -0.39 is 28.1 Å². The van der Waals surface area contributed by atoms with E-state index >= 15 is 0 Å². The minimum absolute atomic E-state index is 0.117. The van der Waals surface area contributed by atoms with E-state index in [2.05, 4.69) is 20.9 Å². The number of allylic oxidation sites excluding steroid dienone is 1. The molecule has 0 aromatic heterocycles. The Balaban J connectivity index is 1.50. The van der Waals surface area contributed by atoms with Crippen molar-refractivity contribution in [2.45, 2.75) is 87.5 Å². The second-order valence-electron chi connectivity index (χ2n) is 11.2. The number of piperidine rings is 2. The summed E-state index contributed by atoms with van der Waals surface area (Å²) in [6.07, 6.45) is 6.98. The Labute approximate surface area is 215 Å². The van der Waals surface area contributed by atoms with Gasteiger partial charge in [0.15, 0.2) is 0 Å². The van der Waals surface area contributed by atoms with Gasteiger partial charge in [-0.2, -0.15) is 0 Å². The van der Waals surface area contributed by atoms with Crippen LogP contribution in [0.3, 0.4) is 0 Å². The average molecular weight is 529 g/mol. The SMILES string of the molecule is CS(=O)(=O)C1CCN(C2CCNCC2NC(=O)C(/C2=C3\CCCCC3CCC(F)CN2)C(N)N)CC1. The first-order chi connectivity index (χ1) is 17.1. The fourth-order valence-corrected chi connectivity index (χ4v) is 7.79. The Hall–Kier alpha value is -1.27. The average Bonchev–Trinajstić information content (AvgIpc) is 2.84. The summed E-state index contributed by atoms with van der Waals surface area (Å²) in [6.45, 7) is 3.05. The molecule has 3 fully saturated rings. The van der Waals surface area contributed by atoms with Gasteiger partial charge in [-0.1, -0.05) is 6.42 Å². The van der Waals surface area contributed by atoms with Crippen LogP contribution in [-0.4, -0.2) is 87.9 Å². The Morgan fingerprint density at radius 1 is 1.08 bits per heavy atom. The van der Waals surface area contributed by atoms with Gasteiger partial charge in [0, 0.05) is 31.1 Å². The van der Waals surface area contributed by atoms with Crippen molar-refractivity contribution >= 4 is 15.7 Å². The van der Waals surface area contributed by atoms with Crippen molar-refractivity contribution in [1.82, 2.24) is 20.9 Å². The van der Waals surface area contributed by atoms with Crippen LogP contribution in [0.25, 0.3) is 0 Å². The lowest BCUT2D eigenvalue weighted by Crippen LogP contribution is -2.63.